The molecule has 9 heteroatoms. The second-order valence-electron chi connectivity index (χ2n) is 4.39. The predicted octanol–water partition coefficient (Wildman–Crippen LogP) is 0.930. The van der Waals surface area contributed by atoms with Crippen molar-refractivity contribution < 1.29 is 17.9 Å². The third kappa shape index (κ3) is 3.03. The van der Waals surface area contributed by atoms with E-state index in [0.29, 0.717) is 25.1 Å². The van der Waals surface area contributed by atoms with Crippen molar-refractivity contribution in [2.45, 2.75) is 31.4 Å². The van der Waals surface area contributed by atoms with Crippen LogP contribution in [0.5, 0.6) is 0 Å². The summed E-state index contributed by atoms with van der Waals surface area (Å²) in [5.74, 6) is -0.559. The van der Waals surface area contributed by atoms with E-state index >= 15 is 0 Å². The van der Waals surface area contributed by atoms with Crippen LogP contribution in [0, 0.1) is 12.8 Å². The molecule has 1 heterocycles. The van der Waals surface area contributed by atoms with Crippen LogP contribution in [0.3, 0.4) is 0 Å². The number of sulfonamides is 1. The molecule has 106 valence electrons. The average molecular weight is 305 g/mol. The van der Waals surface area contributed by atoms with Crippen LogP contribution in [-0.4, -0.2) is 36.1 Å². The quantitative estimate of drug-likeness (QED) is 0.831. The van der Waals surface area contributed by atoms with E-state index in [1.54, 1.807) is 6.92 Å². The fourth-order valence-electron chi connectivity index (χ4n) is 2.25. The van der Waals surface area contributed by atoms with Crippen molar-refractivity contribution in [3.8, 4) is 0 Å². The van der Waals surface area contributed by atoms with Crippen LogP contribution in [0.2, 0.25) is 0 Å². The molecule has 1 saturated carbocycles. The first-order chi connectivity index (χ1) is 8.94. The monoisotopic (exact) mass is 305 g/mol. The topological polar surface area (TPSA) is 98.2 Å². The molecule has 0 bridgehead atoms. The molecule has 1 aromatic rings. The van der Waals surface area contributed by atoms with Crippen LogP contribution in [0.1, 0.15) is 25.1 Å². The molecule has 0 saturated heterocycles. The Labute approximate surface area is 115 Å². The zero-order valence-electron chi connectivity index (χ0n) is 10.6. The summed E-state index contributed by atoms with van der Waals surface area (Å²) in [6.07, 6.45) is 1.68. The van der Waals surface area contributed by atoms with Gasteiger partial charge in [-0.25, -0.2) is 13.4 Å². The maximum Gasteiger partial charge on any atom is 0.310 e. The fourth-order valence-corrected chi connectivity index (χ4v) is 4.78. The van der Waals surface area contributed by atoms with Gasteiger partial charge in [0.1, 0.15) is 5.82 Å². The Morgan fingerprint density at radius 2 is 2.21 bits per heavy atom. The average Bonchev–Trinajstić information content (AvgIpc) is 2.97. The van der Waals surface area contributed by atoms with Gasteiger partial charge in [-0.1, -0.05) is 6.42 Å². The Morgan fingerprint density at radius 1 is 1.47 bits per heavy atom. The number of methoxy groups -OCH3 is 1. The smallest absolute Gasteiger partial charge is 0.310 e. The summed E-state index contributed by atoms with van der Waals surface area (Å²) in [5, 5.41) is -0.530. The molecule has 0 aliphatic heterocycles. The van der Waals surface area contributed by atoms with E-state index in [1.807, 2.05) is 0 Å². The van der Waals surface area contributed by atoms with Gasteiger partial charge < -0.3 is 4.74 Å². The molecule has 7 nitrogen and oxygen atoms in total. The number of nitrogens with zero attached hydrogens (tertiary/aromatic N) is 2. The lowest BCUT2D eigenvalue weighted by Gasteiger charge is -2.17. The van der Waals surface area contributed by atoms with Crippen LogP contribution in [-0.2, 0) is 19.6 Å². The van der Waals surface area contributed by atoms with Crippen LogP contribution in [0.4, 0.5) is 5.13 Å². The summed E-state index contributed by atoms with van der Waals surface area (Å²) in [5.41, 5.74) is 0. The lowest BCUT2D eigenvalue weighted by molar-refractivity contribution is -0.145. The Bertz CT molecular complexity index is 569. The van der Waals surface area contributed by atoms with Gasteiger partial charge in [-0.05, 0) is 19.8 Å². The first kappa shape index (κ1) is 14.2. The summed E-state index contributed by atoms with van der Waals surface area (Å²) < 4.78 is 35.5. The molecule has 19 heavy (non-hydrogen) atoms. The van der Waals surface area contributed by atoms with E-state index in [1.165, 1.54) is 7.11 Å². The Hall–Kier alpha value is -1.22. The third-order valence-electron chi connectivity index (χ3n) is 3.11. The first-order valence-electron chi connectivity index (χ1n) is 5.84. The van der Waals surface area contributed by atoms with Crippen LogP contribution in [0.25, 0.3) is 0 Å². The number of rotatable bonds is 4. The van der Waals surface area contributed by atoms with Gasteiger partial charge in [-0.2, -0.15) is 4.37 Å². The number of hydrogen-bond donors (Lipinski definition) is 1. The molecular weight excluding hydrogens is 290 g/mol. The fraction of sp³-hybridized carbons (Fsp3) is 0.700. The van der Waals surface area contributed by atoms with E-state index in [-0.39, 0.29) is 5.13 Å². The number of aromatic nitrogens is 2. The highest BCUT2D eigenvalue weighted by atomic mass is 32.2. The van der Waals surface area contributed by atoms with Crippen molar-refractivity contribution in [3.05, 3.63) is 5.82 Å². The van der Waals surface area contributed by atoms with Crippen molar-refractivity contribution in [2.24, 2.45) is 5.92 Å². The standard InChI is InChI=1S/C10H15N3O4S2/c1-6-11-10(18-12-6)13-19(15,16)8-5-3-4-7(8)9(14)17-2/h7-8H,3-5H2,1-2H3,(H,11,12,13). The summed E-state index contributed by atoms with van der Waals surface area (Å²) in [7, 11) is -2.38. The van der Waals surface area contributed by atoms with Gasteiger partial charge in [0.25, 0.3) is 0 Å². The second kappa shape index (κ2) is 5.41. The van der Waals surface area contributed by atoms with E-state index in [2.05, 4.69) is 18.8 Å². The normalized spacial score (nSPS) is 23.3. The van der Waals surface area contributed by atoms with Crippen LogP contribution < -0.4 is 4.72 Å². The Morgan fingerprint density at radius 3 is 2.79 bits per heavy atom. The SMILES string of the molecule is COC(=O)C1CCCC1S(=O)(=O)Nc1nc(C)ns1. The molecule has 2 unspecified atom stereocenters. The summed E-state index contributed by atoms with van der Waals surface area (Å²) in [4.78, 5) is 15.5. The molecule has 1 aliphatic rings. The number of hydrogen-bond acceptors (Lipinski definition) is 7. The number of anilines is 1. The molecule has 2 rings (SSSR count). The largest absolute Gasteiger partial charge is 0.469 e. The predicted molar refractivity (Wildman–Crippen MR) is 70.3 cm³/mol. The molecule has 1 fully saturated rings. The number of nitrogens with one attached hydrogen (secondary N) is 1. The first-order valence-corrected chi connectivity index (χ1v) is 8.16. The van der Waals surface area contributed by atoms with E-state index < -0.39 is 27.2 Å². The molecule has 0 aromatic carbocycles. The van der Waals surface area contributed by atoms with Gasteiger partial charge in [0, 0.05) is 11.5 Å². The number of ether oxygens (including phenoxy) is 1. The molecule has 0 amide bonds. The van der Waals surface area contributed by atoms with Gasteiger partial charge in [0.15, 0.2) is 0 Å². The molecule has 1 N–H and O–H groups in total. The van der Waals surface area contributed by atoms with Crippen LogP contribution >= 0.6 is 11.5 Å². The molecule has 2 atom stereocenters. The molecular formula is C10H15N3O4S2. The van der Waals surface area contributed by atoms with Crippen molar-refractivity contribution >= 4 is 32.7 Å². The van der Waals surface area contributed by atoms with E-state index in [4.69, 9.17) is 0 Å². The number of carbonyl (C=O) groups excluding carboxylic acids is 1. The van der Waals surface area contributed by atoms with Gasteiger partial charge in [0.05, 0.1) is 18.3 Å². The maximum atomic E-state index is 12.3. The third-order valence-corrected chi connectivity index (χ3v) is 5.80. The Kier molecular flexibility index (Phi) is 4.04. The highest BCUT2D eigenvalue weighted by Gasteiger charge is 2.42. The maximum absolute atomic E-state index is 12.3. The van der Waals surface area contributed by atoms with E-state index in [0.717, 1.165) is 11.5 Å². The minimum Gasteiger partial charge on any atom is -0.469 e. The minimum absolute atomic E-state index is 0.230. The highest BCUT2D eigenvalue weighted by Crippen LogP contribution is 2.33. The minimum atomic E-state index is -3.65. The zero-order valence-corrected chi connectivity index (χ0v) is 12.3. The van der Waals surface area contributed by atoms with Crippen molar-refractivity contribution in [1.82, 2.24) is 9.36 Å². The van der Waals surface area contributed by atoms with Gasteiger partial charge >= 0.3 is 5.97 Å². The molecule has 1 aromatic heterocycles. The van der Waals surface area contributed by atoms with Gasteiger partial charge in [-0.15, -0.1) is 0 Å². The van der Waals surface area contributed by atoms with Crippen molar-refractivity contribution in [3.63, 3.8) is 0 Å². The molecule has 1 aliphatic carbocycles. The highest BCUT2D eigenvalue weighted by molar-refractivity contribution is 7.93. The zero-order chi connectivity index (χ0) is 14.0. The van der Waals surface area contributed by atoms with Crippen molar-refractivity contribution in [1.29, 1.82) is 0 Å². The second-order valence-corrected chi connectivity index (χ2v) is 7.04. The van der Waals surface area contributed by atoms with Crippen molar-refractivity contribution in [2.75, 3.05) is 11.8 Å². The lowest BCUT2D eigenvalue weighted by atomic mass is 10.1. The summed E-state index contributed by atoms with van der Waals surface area (Å²) in [6, 6.07) is 0. The van der Waals surface area contributed by atoms with Gasteiger partial charge in [0.2, 0.25) is 15.2 Å². The van der Waals surface area contributed by atoms with E-state index in [9.17, 15) is 13.2 Å². The molecule has 0 spiro atoms. The Balaban J connectivity index is 2.17. The van der Waals surface area contributed by atoms with Crippen LogP contribution in [0.15, 0.2) is 0 Å². The number of esters is 1. The summed E-state index contributed by atoms with van der Waals surface area (Å²) >= 11 is 0.983. The number of carbonyl (C=O) groups is 1. The molecule has 0 radical (unpaired) electrons. The lowest BCUT2D eigenvalue weighted by Crippen LogP contribution is -2.35. The van der Waals surface area contributed by atoms with Gasteiger partial charge in [-0.3, -0.25) is 9.52 Å². The number of aryl methyl sites for hydroxylation is 1. The summed E-state index contributed by atoms with van der Waals surface area (Å²) in [6.45, 7) is 1.68.